The van der Waals surface area contributed by atoms with Gasteiger partial charge in [0.25, 0.3) is 12.5 Å². The maximum absolute atomic E-state index is 11.7. The molecule has 1 heterocycles. The molecular formula is C12H16N3O3+. The lowest BCUT2D eigenvalue weighted by Gasteiger charge is -2.21. The average molecular weight is 250 g/mol. The van der Waals surface area contributed by atoms with E-state index in [9.17, 15) is 14.4 Å². The number of hydrogen-bond acceptors (Lipinski definition) is 3. The Bertz CT molecular complexity index is 434. The predicted octanol–water partition coefficient (Wildman–Crippen LogP) is 0.523. The summed E-state index contributed by atoms with van der Waals surface area (Å²) in [6.07, 6.45) is 7.65. The SMILES string of the molecule is O=C1C=CC(=O)[N+](CC(=O)NC2CCCCC2)=N1. The summed E-state index contributed by atoms with van der Waals surface area (Å²) >= 11 is 0. The van der Waals surface area contributed by atoms with Crippen molar-refractivity contribution >= 4 is 17.7 Å². The van der Waals surface area contributed by atoms with Gasteiger partial charge in [0.1, 0.15) is 0 Å². The molecule has 3 amide bonds. The van der Waals surface area contributed by atoms with E-state index in [4.69, 9.17) is 0 Å². The highest BCUT2D eigenvalue weighted by Crippen LogP contribution is 2.17. The lowest BCUT2D eigenvalue weighted by Crippen LogP contribution is -2.41. The maximum atomic E-state index is 11.7. The van der Waals surface area contributed by atoms with Crippen LogP contribution < -0.4 is 5.32 Å². The van der Waals surface area contributed by atoms with Gasteiger partial charge >= 0.3 is 11.8 Å². The first-order valence-electron chi connectivity index (χ1n) is 6.20. The number of amides is 3. The Kier molecular flexibility index (Phi) is 3.96. The van der Waals surface area contributed by atoms with Crippen molar-refractivity contribution in [1.82, 2.24) is 5.32 Å². The summed E-state index contributed by atoms with van der Waals surface area (Å²) in [6.45, 7) is -0.189. The molecule has 0 spiro atoms. The molecule has 1 fully saturated rings. The largest absolute Gasteiger partial charge is 0.437 e. The highest BCUT2D eigenvalue weighted by molar-refractivity contribution is 5.96. The van der Waals surface area contributed by atoms with Crippen LogP contribution in [0.15, 0.2) is 17.3 Å². The van der Waals surface area contributed by atoms with E-state index in [1.807, 2.05) is 0 Å². The zero-order valence-corrected chi connectivity index (χ0v) is 10.1. The summed E-state index contributed by atoms with van der Waals surface area (Å²) < 4.78 is 0.903. The number of rotatable bonds is 3. The molecule has 1 N–H and O–H groups in total. The summed E-state index contributed by atoms with van der Waals surface area (Å²) in [5, 5.41) is 6.37. The molecule has 0 bridgehead atoms. The van der Waals surface area contributed by atoms with E-state index >= 15 is 0 Å². The standard InChI is InChI=1S/C12H15N3O3/c16-10-6-7-12(18)15(14-10)8-11(17)13-9-4-2-1-3-5-9/h6-7,9H,1-5,8H2/p+1. The van der Waals surface area contributed by atoms with Crippen molar-refractivity contribution in [3.8, 4) is 0 Å². The number of azo groups is 2. The first kappa shape index (κ1) is 12.6. The molecule has 0 unspecified atom stereocenters. The smallest absolute Gasteiger partial charge is 0.348 e. The fourth-order valence-corrected chi connectivity index (χ4v) is 2.20. The summed E-state index contributed by atoms with van der Waals surface area (Å²) in [7, 11) is 0. The molecule has 1 aliphatic heterocycles. The fraction of sp³-hybridized carbons (Fsp3) is 0.583. The minimum atomic E-state index is -0.514. The second-order valence-corrected chi connectivity index (χ2v) is 4.57. The molecule has 0 aromatic carbocycles. The number of hydrogen-bond donors (Lipinski definition) is 1. The van der Waals surface area contributed by atoms with Crippen molar-refractivity contribution < 1.29 is 19.1 Å². The average Bonchev–Trinajstić information content (AvgIpc) is 2.35. The molecule has 0 saturated heterocycles. The van der Waals surface area contributed by atoms with E-state index in [1.54, 1.807) is 0 Å². The monoisotopic (exact) mass is 250 g/mol. The molecule has 6 heteroatoms. The van der Waals surface area contributed by atoms with Gasteiger partial charge in [-0.1, -0.05) is 19.3 Å². The number of carbonyl (C=O) groups is 3. The fourth-order valence-electron chi connectivity index (χ4n) is 2.20. The molecule has 0 radical (unpaired) electrons. The van der Waals surface area contributed by atoms with Crippen molar-refractivity contribution in [1.29, 1.82) is 0 Å². The van der Waals surface area contributed by atoms with Crippen LogP contribution in [0.4, 0.5) is 0 Å². The van der Waals surface area contributed by atoms with Gasteiger partial charge in [-0.3, -0.25) is 9.59 Å². The van der Waals surface area contributed by atoms with E-state index in [-0.39, 0.29) is 18.5 Å². The van der Waals surface area contributed by atoms with Gasteiger partial charge < -0.3 is 5.32 Å². The molecule has 1 aliphatic carbocycles. The Morgan fingerprint density at radius 2 is 2.00 bits per heavy atom. The summed E-state index contributed by atoms with van der Waals surface area (Å²) in [4.78, 5) is 34.1. The molecule has 18 heavy (non-hydrogen) atoms. The molecule has 96 valence electrons. The molecular weight excluding hydrogens is 234 g/mol. The van der Waals surface area contributed by atoms with Crippen molar-refractivity contribution in [2.45, 2.75) is 38.1 Å². The highest BCUT2D eigenvalue weighted by atomic mass is 16.2. The van der Waals surface area contributed by atoms with Crippen LogP contribution in [0.2, 0.25) is 0 Å². The Balaban J connectivity index is 1.87. The first-order chi connectivity index (χ1) is 8.65. The first-order valence-corrected chi connectivity index (χ1v) is 6.20. The van der Waals surface area contributed by atoms with Crippen molar-refractivity contribution in [2.24, 2.45) is 5.11 Å². The van der Waals surface area contributed by atoms with E-state index in [2.05, 4.69) is 10.4 Å². The zero-order valence-electron chi connectivity index (χ0n) is 10.1. The third kappa shape index (κ3) is 3.32. The minimum Gasteiger partial charge on any atom is -0.348 e. The zero-order chi connectivity index (χ0) is 13.0. The third-order valence-electron chi connectivity index (χ3n) is 3.11. The predicted molar refractivity (Wildman–Crippen MR) is 61.7 cm³/mol. The normalized spacial score (nSPS) is 20.8. The second kappa shape index (κ2) is 5.66. The summed E-state index contributed by atoms with van der Waals surface area (Å²) in [5.74, 6) is -1.21. The number of nitrogens with one attached hydrogen (secondary N) is 1. The maximum Gasteiger partial charge on any atom is 0.437 e. The molecule has 0 aromatic rings. The van der Waals surface area contributed by atoms with Gasteiger partial charge in [0.2, 0.25) is 0 Å². The molecule has 0 atom stereocenters. The van der Waals surface area contributed by atoms with E-state index in [0.717, 1.165) is 42.5 Å². The Morgan fingerprint density at radius 1 is 1.28 bits per heavy atom. The van der Waals surface area contributed by atoms with Gasteiger partial charge in [-0.05, 0) is 17.5 Å². The van der Waals surface area contributed by atoms with Crippen LogP contribution in [0.5, 0.6) is 0 Å². The Morgan fingerprint density at radius 3 is 2.72 bits per heavy atom. The van der Waals surface area contributed by atoms with Gasteiger partial charge in [0.15, 0.2) is 0 Å². The van der Waals surface area contributed by atoms with Crippen molar-refractivity contribution in [2.75, 3.05) is 6.54 Å². The molecule has 1 saturated carbocycles. The lowest BCUT2D eigenvalue weighted by atomic mass is 9.95. The number of nitrogens with zero attached hydrogens (tertiary/aromatic N) is 2. The summed E-state index contributed by atoms with van der Waals surface area (Å²) in [5.41, 5.74) is 0. The van der Waals surface area contributed by atoms with Gasteiger partial charge in [0, 0.05) is 17.2 Å². The van der Waals surface area contributed by atoms with E-state index in [1.165, 1.54) is 6.42 Å². The van der Waals surface area contributed by atoms with Crippen LogP contribution in [-0.4, -0.2) is 35.0 Å². The topological polar surface area (TPSA) is 78.6 Å². The van der Waals surface area contributed by atoms with Gasteiger partial charge in [0.05, 0.1) is 6.08 Å². The summed E-state index contributed by atoms with van der Waals surface area (Å²) in [6, 6.07) is 0.192. The second-order valence-electron chi connectivity index (χ2n) is 4.57. The van der Waals surface area contributed by atoms with E-state index < -0.39 is 11.8 Å². The minimum absolute atomic E-state index is 0.189. The van der Waals surface area contributed by atoms with Crippen LogP contribution in [0.3, 0.4) is 0 Å². The third-order valence-corrected chi connectivity index (χ3v) is 3.11. The van der Waals surface area contributed by atoms with Crippen LogP contribution in [-0.2, 0) is 14.4 Å². The molecule has 2 rings (SSSR count). The molecule has 2 aliphatic rings. The molecule has 6 nitrogen and oxygen atoms in total. The van der Waals surface area contributed by atoms with Crippen LogP contribution in [0.1, 0.15) is 32.1 Å². The number of carbonyl (C=O) groups excluding carboxylic acids is 3. The Hall–Kier alpha value is -1.85. The van der Waals surface area contributed by atoms with E-state index in [0.29, 0.717) is 0 Å². The van der Waals surface area contributed by atoms with Crippen LogP contribution >= 0.6 is 0 Å². The van der Waals surface area contributed by atoms with Crippen molar-refractivity contribution in [3.05, 3.63) is 12.2 Å². The highest BCUT2D eigenvalue weighted by Gasteiger charge is 2.27. The van der Waals surface area contributed by atoms with Crippen LogP contribution in [0.25, 0.3) is 0 Å². The Labute approximate surface area is 105 Å². The quantitative estimate of drug-likeness (QED) is 0.742. The van der Waals surface area contributed by atoms with Gasteiger partial charge in [-0.15, -0.1) is 0 Å². The molecule has 0 aromatic heterocycles. The van der Waals surface area contributed by atoms with Crippen LogP contribution in [0, 0.1) is 0 Å². The lowest BCUT2D eigenvalue weighted by molar-refractivity contribution is -0.495. The van der Waals surface area contributed by atoms with Gasteiger partial charge in [-0.2, -0.15) is 0 Å². The van der Waals surface area contributed by atoms with Gasteiger partial charge in [-0.25, -0.2) is 4.79 Å². The van der Waals surface area contributed by atoms with Crippen molar-refractivity contribution in [3.63, 3.8) is 0 Å².